The number of hydrogen-bond acceptors (Lipinski definition) is 3. The molecule has 0 aliphatic heterocycles. The van der Waals surface area contributed by atoms with E-state index in [4.69, 9.17) is 5.73 Å². The lowest BCUT2D eigenvalue weighted by Crippen LogP contribution is -2.37. The fraction of sp³-hybridized carbons (Fsp3) is 0.500. The third-order valence-electron chi connectivity index (χ3n) is 3.54. The van der Waals surface area contributed by atoms with Crippen molar-refractivity contribution in [1.29, 1.82) is 0 Å². The summed E-state index contributed by atoms with van der Waals surface area (Å²) in [6.45, 7) is 11.6. The molecule has 0 fully saturated rings. The topological polar surface area (TPSA) is 63.4 Å². The molecule has 21 heavy (non-hydrogen) atoms. The zero-order valence-electron chi connectivity index (χ0n) is 13.4. The average molecular weight is 310 g/mol. The van der Waals surface area contributed by atoms with Crippen LogP contribution in [-0.4, -0.2) is 25.3 Å². The molecule has 0 atom stereocenters. The van der Waals surface area contributed by atoms with Gasteiger partial charge in [-0.25, -0.2) is 8.42 Å². The molecule has 1 rings (SSSR count). The van der Waals surface area contributed by atoms with Crippen LogP contribution in [-0.2, 0) is 22.9 Å². The van der Waals surface area contributed by atoms with Gasteiger partial charge in [-0.05, 0) is 49.9 Å². The van der Waals surface area contributed by atoms with Crippen LogP contribution in [0, 0.1) is 0 Å². The maximum absolute atomic E-state index is 13.0. The predicted molar refractivity (Wildman–Crippen MR) is 88.8 cm³/mol. The van der Waals surface area contributed by atoms with E-state index in [0.717, 1.165) is 12.0 Å². The SMILES string of the molecule is C=CCN(C(C)C)S(=O)(=O)c1cc(CC)cc(N)c1CC. The van der Waals surface area contributed by atoms with E-state index in [-0.39, 0.29) is 6.04 Å². The van der Waals surface area contributed by atoms with E-state index >= 15 is 0 Å². The number of hydrogen-bond donors (Lipinski definition) is 1. The molecule has 0 amide bonds. The van der Waals surface area contributed by atoms with Crippen molar-refractivity contribution in [1.82, 2.24) is 4.31 Å². The van der Waals surface area contributed by atoms with Crippen LogP contribution in [0.5, 0.6) is 0 Å². The Morgan fingerprint density at radius 2 is 1.90 bits per heavy atom. The first kappa shape index (κ1) is 17.7. The Morgan fingerprint density at radius 3 is 2.33 bits per heavy atom. The van der Waals surface area contributed by atoms with Crippen LogP contribution in [0.4, 0.5) is 5.69 Å². The number of nitrogen functional groups attached to an aromatic ring is 1. The van der Waals surface area contributed by atoms with E-state index < -0.39 is 10.0 Å². The summed E-state index contributed by atoms with van der Waals surface area (Å²) in [6, 6.07) is 3.48. The highest BCUT2D eigenvalue weighted by molar-refractivity contribution is 7.89. The molecule has 5 heteroatoms. The Morgan fingerprint density at radius 1 is 1.29 bits per heavy atom. The van der Waals surface area contributed by atoms with Crippen molar-refractivity contribution < 1.29 is 8.42 Å². The Labute approximate surface area is 128 Å². The van der Waals surface area contributed by atoms with E-state index in [1.165, 1.54) is 4.31 Å². The Bertz CT molecular complexity index is 607. The summed E-state index contributed by atoms with van der Waals surface area (Å²) in [4.78, 5) is 0.331. The first-order chi connectivity index (χ1) is 9.79. The molecule has 0 unspecified atom stereocenters. The van der Waals surface area contributed by atoms with Gasteiger partial charge in [0.2, 0.25) is 10.0 Å². The van der Waals surface area contributed by atoms with Gasteiger partial charge < -0.3 is 5.73 Å². The Kier molecular flexibility index (Phi) is 5.98. The van der Waals surface area contributed by atoms with Crippen molar-refractivity contribution in [2.75, 3.05) is 12.3 Å². The second-order valence-electron chi connectivity index (χ2n) is 5.33. The van der Waals surface area contributed by atoms with Crippen molar-refractivity contribution >= 4 is 15.7 Å². The van der Waals surface area contributed by atoms with Gasteiger partial charge in [-0.15, -0.1) is 6.58 Å². The van der Waals surface area contributed by atoms with Gasteiger partial charge in [-0.1, -0.05) is 19.9 Å². The van der Waals surface area contributed by atoms with Gasteiger partial charge >= 0.3 is 0 Å². The highest BCUT2D eigenvalue weighted by Crippen LogP contribution is 2.28. The summed E-state index contributed by atoms with van der Waals surface area (Å²) < 4.78 is 27.4. The monoisotopic (exact) mass is 310 g/mol. The van der Waals surface area contributed by atoms with Gasteiger partial charge in [0.15, 0.2) is 0 Å². The lowest BCUT2D eigenvalue weighted by Gasteiger charge is -2.26. The molecular formula is C16H26N2O2S. The van der Waals surface area contributed by atoms with Gasteiger partial charge in [-0.2, -0.15) is 4.31 Å². The second-order valence-corrected chi connectivity index (χ2v) is 7.18. The van der Waals surface area contributed by atoms with Crippen LogP contribution < -0.4 is 5.73 Å². The minimum atomic E-state index is -3.58. The van der Waals surface area contributed by atoms with Gasteiger partial charge in [-0.3, -0.25) is 0 Å². The van der Waals surface area contributed by atoms with E-state index in [1.54, 1.807) is 12.1 Å². The van der Waals surface area contributed by atoms with Crippen molar-refractivity contribution in [2.45, 2.75) is 51.5 Å². The molecule has 0 radical (unpaired) electrons. The molecule has 0 aromatic heterocycles. The number of nitrogens with zero attached hydrogens (tertiary/aromatic N) is 1. The molecular weight excluding hydrogens is 284 g/mol. The van der Waals surface area contributed by atoms with Crippen LogP contribution >= 0.6 is 0 Å². The second kappa shape index (κ2) is 7.09. The standard InChI is InChI=1S/C16H26N2O2S/c1-6-9-18(12(4)5)21(19,20)16-11-13(7-2)10-15(17)14(16)8-3/h6,10-12H,1,7-9,17H2,2-5H3. The summed E-state index contributed by atoms with van der Waals surface area (Å²) in [7, 11) is -3.58. The average Bonchev–Trinajstić information content (AvgIpc) is 2.43. The number of rotatable bonds is 7. The highest BCUT2D eigenvalue weighted by atomic mass is 32.2. The van der Waals surface area contributed by atoms with E-state index in [9.17, 15) is 8.42 Å². The predicted octanol–water partition coefficient (Wildman–Crippen LogP) is 2.98. The molecule has 1 aromatic rings. The third-order valence-corrected chi connectivity index (χ3v) is 5.64. The molecule has 0 heterocycles. The molecule has 118 valence electrons. The Hall–Kier alpha value is -1.33. The summed E-state index contributed by atoms with van der Waals surface area (Å²) in [6.07, 6.45) is 2.94. The number of benzene rings is 1. The van der Waals surface area contributed by atoms with Gasteiger partial charge in [0.25, 0.3) is 0 Å². The van der Waals surface area contributed by atoms with Crippen LogP contribution in [0.25, 0.3) is 0 Å². The molecule has 1 aromatic carbocycles. The van der Waals surface area contributed by atoms with E-state index in [2.05, 4.69) is 6.58 Å². The van der Waals surface area contributed by atoms with Crippen LogP contribution in [0.15, 0.2) is 29.7 Å². The van der Waals surface area contributed by atoms with Gasteiger partial charge in [0.05, 0.1) is 4.90 Å². The minimum absolute atomic E-state index is 0.135. The number of nitrogens with two attached hydrogens (primary N) is 1. The van der Waals surface area contributed by atoms with Crippen LogP contribution in [0.3, 0.4) is 0 Å². The number of aryl methyl sites for hydroxylation is 1. The molecule has 4 nitrogen and oxygen atoms in total. The third kappa shape index (κ3) is 3.66. The van der Waals surface area contributed by atoms with Crippen molar-refractivity contribution in [3.63, 3.8) is 0 Å². The zero-order valence-corrected chi connectivity index (χ0v) is 14.2. The van der Waals surface area contributed by atoms with Crippen molar-refractivity contribution in [2.24, 2.45) is 0 Å². The summed E-state index contributed by atoms with van der Waals surface area (Å²) in [5.74, 6) is 0. The minimum Gasteiger partial charge on any atom is -0.398 e. The lowest BCUT2D eigenvalue weighted by molar-refractivity contribution is 0.382. The molecule has 0 spiro atoms. The zero-order chi connectivity index (χ0) is 16.2. The molecule has 2 N–H and O–H groups in total. The lowest BCUT2D eigenvalue weighted by atomic mass is 10.1. The normalized spacial score (nSPS) is 12.1. The smallest absolute Gasteiger partial charge is 0.243 e. The first-order valence-corrected chi connectivity index (χ1v) is 8.77. The molecule has 0 saturated heterocycles. The summed E-state index contributed by atoms with van der Waals surface area (Å²) >= 11 is 0. The van der Waals surface area contributed by atoms with Crippen LogP contribution in [0.2, 0.25) is 0 Å². The molecule has 0 aliphatic rings. The molecule has 0 saturated carbocycles. The highest BCUT2D eigenvalue weighted by Gasteiger charge is 2.29. The molecule has 0 aliphatic carbocycles. The van der Waals surface area contributed by atoms with E-state index in [0.29, 0.717) is 29.1 Å². The maximum Gasteiger partial charge on any atom is 0.243 e. The number of sulfonamides is 1. The van der Waals surface area contributed by atoms with Gasteiger partial charge in [0.1, 0.15) is 0 Å². The quantitative estimate of drug-likeness (QED) is 0.622. The maximum atomic E-state index is 13.0. The molecule has 0 bridgehead atoms. The van der Waals surface area contributed by atoms with E-state index in [1.807, 2.05) is 33.8 Å². The Balaban J connectivity index is 3.55. The van der Waals surface area contributed by atoms with Crippen LogP contribution in [0.1, 0.15) is 38.8 Å². The first-order valence-electron chi connectivity index (χ1n) is 7.33. The summed E-state index contributed by atoms with van der Waals surface area (Å²) in [5, 5.41) is 0. The number of anilines is 1. The fourth-order valence-electron chi connectivity index (χ4n) is 2.38. The largest absolute Gasteiger partial charge is 0.398 e. The van der Waals surface area contributed by atoms with Crippen molar-refractivity contribution in [3.05, 3.63) is 35.9 Å². The fourth-order valence-corrected chi connectivity index (χ4v) is 4.36. The summed E-state index contributed by atoms with van der Waals surface area (Å²) in [5.41, 5.74) is 8.24. The van der Waals surface area contributed by atoms with Gasteiger partial charge in [0, 0.05) is 18.3 Å². The van der Waals surface area contributed by atoms with Crippen molar-refractivity contribution in [3.8, 4) is 0 Å².